The van der Waals surface area contributed by atoms with Crippen molar-refractivity contribution in [3.05, 3.63) is 188 Å². The Labute approximate surface area is 279 Å². The lowest BCUT2D eigenvalue weighted by molar-refractivity contribution is 0.669. The molecule has 0 amide bonds. The van der Waals surface area contributed by atoms with Crippen LogP contribution in [0.25, 0.3) is 66.1 Å². The van der Waals surface area contributed by atoms with Gasteiger partial charge >= 0.3 is 0 Å². The summed E-state index contributed by atoms with van der Waals surface area (Å²) in [6.45, 7) is 0. The Morgan fingerprint density at radius 3 is 1.62 bits per heavy atom. The minimum Gasteiger partial charge on any atom is -0.454 e. The van der Waals surface area contributed by atoms with Crippen molar-refractivity contribution in [2.45, 2.75) is 0 Å². The van der Waals surface area contributed by atoms with Gasteiger partial charge in [-0.2, -0.15) is 0 Å². The molecule has 0 aliphatic rings. The van der Waals surface area contributed by atoms with E-state index < -0.39 is 0 Å². The van der Waals surface area contributed by atoms with E-state index in [9.17, 15) is 0 Å². The van der Waals surface area contributed by atoms with E-state index in [4.69, 9.17) is 4.42 Å². The summed E-state index contributed by atoms with van der Waals surface area (Å²) in [6, 6.07) is 66.8. The summed E-state index contributed by atoms with van der Waals surface area (Å²) in [6.07, 6.45) is 0. The molecule has 2 heteroatoms. The number of furan rings is 1. The predicted octanol–water partition coefficient (Wildman–Crippen LogP) is 13.2. The average Bonchev–Trinajstić information content (AvgIpc) is 3.55. The molecule has 0 saturated carbocycles. The number of rotatable bonds is 6. The third-order valence-electron chi connectivity index (χ3n) is 9.30. The van der Waals surface area contributed by atoms with Gasteiger partial charge < -0.3 is 9.32 Å². The van der Waals surface area contributed by atoms with Crippen LogP contribution in [0.2, 0.25) is 0 Å². The van der Waals surface area contributed by atoms with E-state index >= 15 is 0 Å². The number of fused-ring (bicyclic) bond motifs is 4. The maximum atomic E-state index is 6.68. The minimum absolute atomic E-state index is 0.865. The zero-order chi connectivity index (χ0) is 31.9. The van der Waals surface area contributed by atoms with Crippen molar-refractivity contribution < 1.29 is 4.42 Å². The van der Waals surface area contributed by atoms with Crippen LogP contribution in [0, 0.1) is 0 Å². The molecule has 0 bridgehead atoms. The van der Waals surface area contributed by atoms with Crippen LogP contribution in [0.4, 0.5) is 17.1 Å². The Hall–Kier alpha value is -6.38. The van der Waals surface area contributed by atoms with Crippen molar-refractivity contribution >= 4 is 49.8 Å². The maximum Gasteiger partial charge on any atom is 0.159 e. The summed E-state index contributed by atoms with van der Waals surface area (Å²) < 4.78 is 6.68. The Morgan fingerprint density at radius 1 is 0.312 bits per heavy atom. The van der Waals surface area contributed by atoms with E-state index in [2.05, 4.69) is 187 Å². The Morgan fingerprint density at radius 2 is 0.812 bits per heavy atom. The monoisotopic (exact) mass is 613 g/mol. The van der Waals surface area contributed by atoms with Gasteiger partial charge in [0.15, 0.2) is 5.58 Å². The second kappa shape index (κ2) is 11.8. The van der Waals surface area contributed by atoms with Gasteiger partial charge in [-0.3, -0.25) is 0 Å². The summed E-state index contributed by atoms with van der Waals surface area (Å²) in [4.78, 5) is 2.39. The van der Waals surface area contributed by atoms with Gasteiger partial charge in [0.1, 0.15) is 5.58 Å². The van der Waals surface area contributed by atoms with Crippen LogP contribution in [0.5, 0.6) is 0 Å². The Bertz CT molecular complexity index is 2570. The molecule has 0 fully saturated rings. The molecule has 0 unspecified atom stereocenters. The number of nitrogens with zero attached hydrogens (tertiary/aromatic N) is 1. The summed E-state index contributed by atoms with van der Waals surface area (Å²) in [5, 5.41) is 4.57. The first-order valence-corrected chi connectivity index (χ1v) is 16.4. The number of anilines is 3. The highest BCUT2D eigenvalue weighted by Crippen LogP contribution is 2.48. The van der Waals surface area contributed by atoms with Crippen LogP contribution < -0.4 is 4.90 Å². The minimum atomic E-state index is 0.865. The highest BCUT2D eigenvalue weighted by Gasteiger charge is 2.24. The van der Waals surface area contributed by atoms with E-state index in [1.807, 2.05) is 6.07 Å². The lowest BCUT2D eigenvalue weighted by Crippen LogP contribution is -2.12. The predicted molar refractivity (Wildman–Crippen MR) is 202 cm³/mol. The molecule has 0 aliphatic carbocycles. The number of hydrogen-bond acceptors (Lipinski definition) is 2. The molecular weight excluding hydrogens is 583 g/mol. The fourth-order valence-electron chi connectivity index (χ4n) is 7.14. The largest absolute Gasteiger partial charge is 0.454 e. The summed E-state index contributed by atoms with van der Waals surface area (Å²) in [7, 11) is 0. The highest BCUT2D eigenvalue weighted by atomic mass is 16.3. The van der Waals surface area contributed by atoms with Gasteiger partial charge in [0.05, 0.1) is 17.1 Å². The normalized spacial score (nSPS) is 11.3. The molecule has 0 atom stereocenters. The third kappa shape index (κ3) is 4.66. The lowest BCUT2D eigenvalue weighted by Gasteiger charge is -2.29. The van der Waals surface area contributed by atoms with Gasteiger partial charge in [0.2, 0.25) is 0 Å². The molecule has 0 spiro atoms. The summed E-state index contributed by atoms with van der Waals surface area (Å²) in [5.74, 6) is 0. The molecule has 1 heterocycles. The number of para-hydroxylation sites is 3. The van der Waals surface area contributed by atoms with Gasteiger partial charge in [0, 0.05) is 21.7 Å². The zero-order valence-electron chi connectivity index (χ0n) is 26.3. The molecular formula is C46H31NO. The molecule has 8 aromatic carbocycles. The van der Waals surface area contributed by atoms with Crippen LogP contribution in [-0.4, -0.2) is 0 Å². The molecule has 0 radical (unpaired) electrons. The standard InChI is InChI=1S/C46H31NO/c1-2-16-32(17-3-1)34-20-6-7-22-36(34)37-23-8-9-24-38(37)39-25-10-12-28-43(39)47(42-29-14-19-33-18-4-5-21-35(33)42)44-30-15-27-41-40-26-11-13-31-45(40)48-46(41)44/h1-31H. The first-order valence-electron chi connectivity index (χ1n) is 16.4. The molecule has 0 N–H and O–H groups in total. The highest BCUT2D eigenvalue weighted by molar-refractivity contribution is 6.12. The van der Waals surface area contributed by atoms with Crippen molar-refractivity contribution in [3.8, 4) is 33.4 Å². The Balaban J connectivity index is 1.33. The van der Waals surface area contributed by atoms with Crippen LogP contribution >= 0.6 is 0 Å². The fraction of sp³-hybridized carbons (Fsp3) is 0. The van der Waals surface area contributed by atoms with Crippen molar-refractivity contribution in [2.75, 3.05) is 4.90 Å². The smallest absolute Gasteiger partial charge is 0.159 e. The van der Waals surface area contributed by atoms with Crippen LogP contribution in [0.15, 0.2) is 192 Å². The molecule has 1 aromatic heterocycles. The quantitative estimate of drug-likeness (QED) is 0.185. The third-order valence-corrected chi connectivity index (χ3v) is 9.30. The second-order valence-electron chi connectivity index (χ2n) is 12.1. The van der Waals surface area contributed by atoms with Crippen molar-refractivity contribution in [3.63, 3.8) is 0 Å². The molecule has 9 aromatic rings. The van der Waals surface area contributed by atoms with Gasteiger partial charge in [-0.1, -0.05) is 164 Å². The van der Waals surface area contributed by atoms with E-state index in [0.29, 0.717) is 0 Å². The molecule has 0 saturated heterocycles. The van der Waals surface area contributed by atoms with E-state index in [0.717, 1.165) is 44.6 Å². The zero-order valence-corrected chi connectivity index (χ0v) is 26.3. The van der Waals surface area contributed by atoms with Crippen molar-refractivity contribution in [1.29, 1.82) is 0 Å². The SMILES string of the molecule is c1ccc(-c2ccccc2-c2ccccc2-c2ccccc2N(c2cccc3ccccc23)c2cccc3c2oc2ccccc23)cc1. The Kier molecular flexibility index (Phi) is 6.84. The van der Waals surface area contributed by atoms with E-state index in [1.54, 1.807) is 0 Å². The molecule has 2 nitrogen and oxygen atoms in total. The van der Waals surface area contributed by atoms with E-state index in [-0.39, 0.29) is 0 Å². The van der Waals surface area contributed by atoms with Crippen LogP contribution in [-0.2, 0) is 0 Å². The first kappa shape index (κ1) is 27.9. The van der Waals surface area contributed by atoms with Crippen molar-refractivity contribution in [1.82, 2.24) is 0 Å². The topological polar surface area (TPSA) is 16.4 Å². The second-order valence-corrected chi connectivity index (χ2v) is 12.1. The summed E-state index contributed by atoms with van der Waals surface area (Å²) >= 11 is 0. The average molecular weight is 614 g/mol. The van der Waals surface area contributed by atoms with Crippen LogP contribution in [0.3, 0.4) is 0 Å². The first-order chi connectivity index (χ1) is 23.8. The summed E-state index contributed by atoms with van der Waals surface area (Å²) in [5.41, 5.74) is 12.0. The van der Waals surface area contributed by atoms with Gasteiger partial charge in [-0.05, 0) is 57.5 Å². The van der Waals surface area contributed by atoms with Gasteiger partial charge in [-0.15, -0.1) is 0 Å². The number of benzene rings is 8. The fourth-order valence-corrected chi connectivity index (χ4v) is 7.14. The molecule has 48 heavy (non-hydrogen) atoms. The van der Waals surface area contributed by atoms with Gasteiger partial charge in [-0.25, -0.2) is 0 Å². The van der Waals surface area contributed by atoms with E-state index in [1.165, 1.54) is 38.6 Å². The van der Waals surface area contributed by atoms with Crippen LogP contribution in [0.1, 0.15) is 0 Å². The lowest BCUT2D eigenvalue weighted by atomic mass is 9.88. The molecule has 0 aliphatic heterocycles. The maximum absolute atomic E-state index is 6.68. The van der Waals surface area contributed by atoms with Crippen molar-refractivity contribution in [2.24, 2.45) is 0 Å². The molecule has 226 valence electrons. The van der Waals surface area contributed by atoms with Gasteiger partial charge in [0.25, 0.3) is 0 Å². The molecule has 9 rings (SSSR count). The number of hydrogen-bond donors (Lipinski definition) is 0.